The minimum absolute atomic E-state index is 0.0350. The van der Waals surface area contributed by atoms with Crippen molar-refractivity contribution < 1.29 is 4.74 Å². The average molecular weight is 326 g/mol. The molecule has 126 valence electrons. The predicted molar refractivity (Wildman–Crippen MR) is 93.9 cm³/mol. The van der Waals surface area contributed by atoms with Crippen LogP contribution in [0.1, 0.15) is 19.5 Å². The second kappa shape index (κ2) is 6.84. The number of likely N-dealkylation sites (N-methyl/N-ethyl adjacent to an activating group) is 1. The molecule has 0 aliphatic rings. The lowest BCUT2D eigenvalue weighted by atomic mass is 10.2. The number of fused-ring (bicyclic) bond motifs is 1. The van der Waals surface area contributed by atoms with Crippen molar-refractivity contribution in [1.29, 1.82) is 0 Å². The first-order valence-corrected chi connectivity index (χ1v) is 7.99. The van der Waals surface area contributed by atoms with Crippen LogP contribution in [0.5, 0.6) is 5.88 Å². The molecule has 1 N–H and O–H groups in total. The minimum atomic E-state index is 0.0350. The Labute approximate surface area is 141 Å². The molecule has 0 amide bonds. The third-order valence-electron chi connectivity index (χ3n) is 3.79. The summed E-state index contributed by atoms with van der Waals surface area (Å²) in [6.07, 6.45) is 9.10. The molecule has 0 spiro atoms. The molecule has 7 nitrogen and oxygen atoms in total. The van der Waals surface area contributed by atoms with Gasteiger partial charge < -0.3 is 10.1 Å². The molecule has 3 rings (SSSR count). The van der Waals surface area contributed by atoms with Crippen LogP contribution in [-0.4, -0.2) is 43.3 Å². The van der Waals surface area contributed by atoms with Crippen molar-refractivity contribution >= 4 is 11.9 Å². The van der Waals surface area contributed by atoms with Crippen LogP contribution in [-0.2, 0) is 7.05 Å². The molecular weight excluding hydrogens is 304 g/mol. The second-order valence-electron chi connectivity index (χ2n) is 5.62. The van der Waals surface area contributed by atoms with E-state index < -0.39 is 0 Å². The van der Waals surface area contributed by atoms with E-state index in [0.717, 1.165) is 35.8 Å². The largest absolute Gasteiger partial charge is 0.473 e. The maximum Gasteiger partial charge on any atom is 0.234 e. The number of imidazole rings is 1. The highest BCUT2D eigenvalue weighted by molar-refractivity contribution is 5.68. The van der Waals surface area contributed by atoms with Crippen molar-refractivity contribution in [3.8, 4) is 17.0 Å². The first-order chi connectivity index (χ1) is 11.6. The molecule has 1 atom stereocenters. The summed E-state index contributed by atoms with van der Waals surface area (Å²) in [6.45, 7) is 9.61. The summed E-state index contributed by atoms with van der Waals surface area (Å²) in [4.78, 5) is 8.66. The highest BCUT2D eigenvalue weighted by Crippen LogP contribution is 2.30. The lowest BCUT2D eigenvalue weighted by molar-refractivity contribution is 0.201. The highest BCUT2D eigenvalue weighted by Gasteiger charge is 2.16. The van der Waals surface area contributed by atoms with E-state index in [4.69, 9.17) is 4.74 Å². The Kier molecular flexibility index (Phi) is 4.61. The van der Waals surface area contributed by atoms with Crippen LogP contribution in [0, 0.1) is 0 Å². The second-order valence-corrected chi connectivity index (χ2v) is 5.62. The van der Waals surface area contributed by atoms with Gasteiger partial charge in [0.05, 0.1) is 23.7 Å². The lowest BCUT2D eigenvalue weighted by Crippen LogP contribution is -2.29. The Bertz CT molecular complexity index is 850. The average Bonchev–Trinajstić information content (AvgIpc) is 3.16. The minimum Gasteiger partial charge on any atom is -0.473 e. The molecule has 0 aliphatic carbocycles. The fourth-order valence-electron chi connectivity index (χ4n) is 2.53. The van der Waals surface area contributed by atoms with E-state index in [1.807, 2.05) is 24.6 Å². The molecule has 0 unspecified atom stereocenters. The first-order valence-electron chi connectivity index (χ1n) is 7.99. The number of nitrogens with zero attached hydrogens (tertiary/aromatic N) is 5. The van der Waals surface area contributed by atoms with Crippen LogP contribution in [0.4, 0.5) is 0 Å². The van der Waals surface area contributed by atoms with E-state index in [0.29, 0.717) is 5.78 Å². The van der Waals surface area contributed by atoms with Gasteiger partial charge in [0.25, 0.3) is 0 Å². The lowest BCUT2D eigenvalue weighted by Gasteiger charge is -2.16. The third-order valence-corrected chi connectivity index (χ3v) is 3.79. The van der Waals surface area contributed by atoms with Gasteiger partial charge in [0.1, 0.15) is 6.10 Å². The number of nitrogens with one attached hydrogen (secondary N) is 1. The van der Waals surface area contributed by atoms with E-state index in [9.17, 15) is 0 Å². The van der Waals surface area contributed by atoms with Crippen molar-refractivity contribution in [1.82, 2.24) is 29.5 Å². The van der Waals surface area contributed by atoms with E-state index in [-0.39, 0.29) is 6.10 Å². The molecule has 0 aromatic carbocycles. The quantitative estimate of drug-likeness (QED) is 0.720. The first kappa shape index (κ1) is 16.2. The Morgan fingerprint density at radius 2 is 2.12 bits per heavy atom. The van der Waals surface area contributed by atoms with Crippen LogP contribution < -0.4 is 10.1 Å². The van der Waals surface area contributed by atoms with Crippen LogP contribution in [0.3, 0.4) is 0 Å². The molecule has 0 fully saturated rings. The predicted octanol–water partition coefficient (Wildman–Crippen LogP) is 2.15. The molecule has 0 radical (unpaired) electrons. The Hall–Kier alpha value is -2.67. The molecule has 0 saturated heterocycles. The number of rotatable bonds is 7. The number of aromatic nitrogens is 5. The zero-order chi connectivity index (χ0) is 17.1. The summed E-state index contributed by atoms with van der Waals surface area (Å²) >= 11 is 0. The fraction of sp³-hybridized carbons (Fsp3) is 0.353. The normalized spacial score (nSPS) is 12.5. The maximum absolute atomic E-state index is 6.09. The van der Waals surface area contributed by atoms with Crippen LogP contribution in [0.25, 0.3) is 23.0 Å². The fourth-order valence-corrected chi connectivity index (χ4v) is 2.53. The number of aryl methyl sites for hydroxylation is 1. The van der Waals surface area contributed by atoms with Crippen LogP contribution >= 0.6 is 0 Å². The van der Waals surface area contributed by atoms with Gasteiger partial charge in [0.2, 0.25) is 11.7 Å². The molecule has 3 aromatic heterocycles. The van der Waals surface area contributed by atoms with Gasteiger partial charge in [-0.25, -0.2) is 14.6 Å². The van der Waals surface area contributed by atoms with Gasteiger partial charge in [-0.1, -0.05) is 13.5 Å². The summed E-state index contributed by atoms with van der Waals surface area (Å²) in [5.74, 6) is 1.36. The van der Waals surface area contributed by atoms with Gasteiger partial charge in [-0.3, -0.25) is 4.40 Å². The van der Waals surface area contributed by atoms with Gasteiger partial charge in [-0.2, -0.15) is 5.10 Å². The van der Waals surface area contributed by atoms with Gasteiger partial charge in [-0.15, -0.1) is 0 Å². The topological polar surface area (TPSA) is 69.3 Å². The Morgan fingerprint density at radius 1 is 1.33 bits per heavy atom. The smallest absolute Gasteiger partial charge is 0.234 e. The SMILES string of the molecule is C=Cc1cnc2ncc(-c3cnn(C)c3O[C@@H](C)CNCC)cn12. The van der Waals surface area contributed by atoms with Crippen LogP contribution in [0.2, 0.25) is 0 Å². The van der Waals surface area contributed by atoms with Crippen LogP contribution in [0.15, 0.2) is 31.4 Å². The van der Waals surface area contributed by atoms with E-state index in [1.54, 1.807) is 29.3 Å². The number of hydrogen-bond donors (Lipinski definition) is 1. The molecule has 3 aromatic rings. The standard InChI is InChI=1S/C17H22N6O/c1-5-14-9-20-17-19-8-13(11-23(14)17)15-10-21-22(4)16(15)24-12(3)7-18-6-2/h5,8-12,18H,1,6-7H2,2-4H3/t12-/m0/s1. The summed E-state index contributed by atoms with van der Waals surface area (Å²) in [5.41, 5.74) is 2.72. The van der Waals surface area contributed by atoms with Gasteiger partial charge >= 0.3 is 0 Å². The maximum atomic E-state index is 6.09. The van der Waals surface area contributed by atoms with Crippen molar-refractivity contribution in [2.24, 2.45) is 7.05 Å². The monoisotopic (exact) mass is 326 g/mol. The van der Waals surface area contributed by atoms with Crippen molar-refractivity contribution in [2.45, 2.75) is 20.0 Å². The molecule has 3 heterocycles. The summed E-state index contributed by atoms with van der Waals surface area (Å²) in [6, 6.07) is 0. The molecule has 24 heavy (non-hydrogen) atoms. The number of ether oxygens (including phenoxy) is 1. The summed E-state index contributed by atoms with van der Waals surface area (Å²) < 4.78 is 9.73. The zero-order valence-electron chi connectivity index (χ0n) is 14.2. The molecule has 7 heteroatoms. The van der Waals surface area contributed by atoms with Gasteiger partial charge in [-0.05, 0) is 19.5 Å². The van der Waals surface area contributed by atoms with E-state index in [1.165, 1.54) is 0 Å². The Balaban J connectivity index is 1.96. The van der Waals surface area contributed by atoms with E-state index in [2.05, 4.69) is 33.9 Å². The molecule has 0 aliphatic heterocycles. The van der Waals surface area contributed by atoms with Crippen molar-refractivity contribution in [3.05, 3.63) is 37.1 Å². The number of hydrogen-bond acceptors (Lipinski definition) is 5. The molecule has 0 bridgehead atoms. The zero-order valence-corrected chi connectivity index (χ0v) is 14.2. The van der Waals surface area contributed by atoms with E-state index >= 15 is 0 Å². The van der Waals surface area contributed by atoms with Gasteiger partial charge in [0, 0.05) is 31.5 Å². The molecule has 0 saturated carbocycles. The third kappa shape index (κ3) is 3.03. The van der Waals surface area contributed by atoms with Gasteiger partial charge in [0.15, 0.2) is 0 Å². The summed E-state index contributed by atoms with van der Waals surface area (Å²) in [7, 11) is 1.87. The molecular formula is C17H22N6O. The highest BCUT2D eigenvalue weighted by atomic mass is 16.5. The van der Waals surface area contributed by atoms with Crippen molar-refractivity contribution in [2.75, 3.05) is 13.1 Å². The van der Waals surface area contributed by atoms with Crippen molar-refractivity contribution in [3.63, 3.8) is 0 Å². The Morgan fingerprint density at radius 3 is 2.88 bits per heavy atom. The summed E-state index contributed by atoms with van der Waals surface area (Å²) in [5, 5.41) is 7.62.